The van der Waals surface area contributed by atoms with Gasteiger partial charge in [-0.2, -0.15) is 0 Å². The maximum atomic E-state index is 11.0. The summed E-state index contributed by atoms with van der Waals surface area (Å²) in [5, 5.41) is 5.73. The molecule has 21 heavy (non-hydrogen) atoms. The normalized spacial score (nSPS) is 10.3. The molecule has 2 N–H and O–H groups in total. The highest BCUT2D eigenvalue weighted by Crippen LogP contribution is 2.35. The third-order valence-corrected chi connectivity index (χ3v) is 3.92. The molecular weight excluding hydrogens is 404 g/mol. The summed E-state index contributed by atoms with van der Waals surface area (Å²) in [4.78, 5) is 11.0. The molecule has 0 aliphatic rings. The Bertz CT molecular complexity index is 447. The number of hydrogen-bond acceptors (Lipinski definition) is 4. The lowest BCUT2D eigenvalue weighted by molar-refractivity contribution is 0.171. The molecule has 0 aliphatic carbocycles. The van der Waals surface area contributed by atoms with Crippen molar-refractivity contribution in [2.75, 3.05) is 33.9 Å². The monoisotopic (exact) mass is 422 g/mol. The van der Waals surface area contributed by atoms with Gasteiger partial charge in [0.15, 0.2) is 0 Å². The third-order valence-electron chi connectivity index (χ3n) is 2.74. The van der Waals surface area contributed by atoms with Crippen molar-refractivity contribution in [1.29, 1.82) is 0 Å². The maximum absolute atomic E-state index is 11.0. The van der Waals surface area contributed by atoms with Crippen LogP contribution in [0.5, 0.6) is 5.75 Å². The van der Waals surface area contributed by atoms with Crippen LogP contribution in [0, 0.1) is 0 Å². The van der Waals surface area contributed by atoms with Gasteiger partial charge >= 0.3 is 6.09 Å². The number of ether oxygens (including phenoxy) is 2. The van der Waals surface area contributed by atoms with Gasteiger partial charge in [0.2, 0.25) is 0 Å². The quantitative estimate of drug-likeness (QED) is 0.630. The number of alkyl carbamates (subject to hydrolysis) is 1. The average molecular weight is 424 g/mol. The Morgan fingerprint density at radius 1 is 1.24 bits per heavy atom. The van der Waals surface area contributed by atoms with E-state index in [2.05, 4.69) is 47.2 Å². The van der Waals surface area contributed by atoms with Crippen molar-refractivity contribution < 1.29 is 14.3 Å². The zero-order valence-corrected chi connectivity index (χ0v) is 15.3. The van der Waals surface area contributed by atoms with Gasteiger partial charge in [-0.05, 0) is 76.0 Å². The van der Waals surface area contributed by atoms with E-state index in [9.17, 15) is 4.79 Å². The van der Waals surface area contributed by atoms with Crippen LogP contribution in [0.4, 0.5) is 4.79 Å². The molecule has 0 unspecified atom stereocenters. The Balaban J connectivity index is 2.56. The van der Waals surface area contributed by atoms with Crippen LogP contribution < -0.4 is 15.4 Å². The average Bonchev–Trinajstić information content (AvgIpc) is 2.45. The fourth-order valence-electron chi connectivity index (χ4n) is 1.70. The molecule has 0 fully saturated rings. The summed E-state index contributed by atoms with van der Waals surface area (Å²) in [7, 11) is 3.27. The lowest BCUT2D eigenvalue weighted by Crippen LogP contribution is -2.25. The van der Waals surface area contributed by atoms with Crippen LogP contribution in [0.15, 0.2) is 21.1 Å². The Morgan fingerprint density at radius 3 is 2.48 bits per heavy atom. The fourth-order valence-corrected chi connectivity index (χ4v) is 3.21. The molecule has 1 aromatic rings. The first kappa shape index (κ1) is 18.3. The summed E-state index contributed by atoms with van der Waals surface area (Å²) in [6.07, 6.45) is 1.24. The van der Waals surface area contributed by atoms with Gasteiger partial charge in [0.25, 0.3) is 0 Å². The number of benzene rings is 1. The van der Waals surface area contributed by atoms with Crippen LogP contribution in [0.1, 0.15) is 12.0 Å². The summed E-state index contributed by atoms with van der Waals surface area (Å²) in [6.45, 7) is 2.10. The minimum Gasteiger partial charge on any atom is -0.491 e. The van der Waals surface area contributed by atoms with Gasteiger partial charge in [-0.15, -0.1) is 0 Å². The number of methoxy groups -OCH3 is 1. The molecule has 1 aromatic carbocycles. The van der Waals surface area contributed by atoms with E-state index in [1.54, 1.807) is 0 Å². The molecule has 0 radical (unpaired) electrons. The molecular formula is C14H20Br2N2O3. The van der Waals surface area contributed by atoms with Gasteiger partial charge in [0.1, 0.15) is 5.75 Å². The van der Waals surface area contributed by atoms with Gasteiger partial charge in [0, 0.05) is 6.54 Å². The van der Waals surface area contributed by atoms with E-state index in [1.807, 2.05) is 19.2 Å². The molecule has 1 rings (SSSR count). The predicted octanol–water partition coefficient (Wildman–Crippen LogP) is 3.10. The lowest BCUT2D eigenvalue weighted by Gasteiger charge is -2.12. The number of amides is 1. The van der Waals surface area contributed by atoms with Crippen molar-refractivity contribution in [2.24, 2.45) is 0 Å². The second kappa shape index (κ2) is 10.0. The highest BCUT2D eigenvalue weighted by molar-refractivity contribution is 9.11. The molecule has 5 nitrogen and oxygen atoms in total. The molecule has 0 bridgehead atoms. The summed E-state index contributed by atoms with van der Waals surface area (Å²) in [6, 6.07) is 3.99. The zero-order valence-electron chi connectivity index (χ0n) is 12.2. The molecule has 0 saturated heterocycles. The Kier molecular flexibility index (Phi) is 8.72. The molecule has 118 valence electrons. The van der Waals surface area contributed by atoms with Crippen molar-refractivity contribution in [3.05, 3.63) is 26.6 Å². The van der Waals surface area contributed by atoms with Crippen LogP contribution in [0.25, 0.3) is 0 Å². The highest BCUT2D eigenvalue weighted by Gasteiger charge is 2.09. The van der Waals surface area contributed by atoms with Crippen LogP contribution >= 0.6 is 31.9 Å². The van der Waals surface area contributed by atoms with E-state index in [-0.39, 0.29) is 0 Å². The van der Waals surface area contributed by atoms with E-state index in [1.165, 1.54) is 7.11 Å². The summed E-state index contributed by atoms with van der Waals surface area (Å²) in [5.41, 5.74) is 1.09. The number of hydrogen-bond donors (Lipinski definition) is 2. The topological polar surface area (TPSA) is 59.6 Å². The second-order valence-electron chi connectivity index (χ2n) is 4.36. The molecule has 0 aromatic heterocycles. The molecule has 0 heterocycles. The van der Waals surface area contributed by atoms with Crippen LogP contribution in [-0.4, -0.2) is 39.9 Å². The SMILES string of the molecule is CNCCCOc1c(Br)cc(CCNC(=O)OC)cc1Br. The van der Waals surface area contributed by atoms with E-state index in [0.29, 0.717) is 19.6 Å². The predicted molar refractivity (Wildman–Crippen MR) is 90.0 cm³/mol. The van der Waals surface area contributed by atoms with Crippen LogP contribution in [0.3, 0.4) is 0 Å². The number of carbonyl (C=O) groups excluding carboxylic acids is 1. The van der Waals surface area contributed by atoms with Crippen LogP contribution in [-0.2, 0) is 11.2 Å². The Labute approximate surface area is 142 Å². The number of carbonyl (C=O) groups is 1. The molecule has 0 atom stereocenters. The zero-order chi connectivity index (χ0) is 15.7. The summed E-state index contributed by atoms with van der Waals surface area (Å²) in [5.74, 6) is 0.802. The van der Waals surface area contributed by atoms with Crippen LogP contribution in [0.2, 0.25) is 0 Å². The molecule has 7 heteroatoms. The second-order valence-corrected chi connectivity index (χ2v) is 6.07. The summed E-state index contributed by atoms with van der Waals surface area (Å²) >= 11 is 7.04. The van der Waals surface area contributed by atoms with Crippen molar-refractivity contribution in [2.45, 2.75) is 12.8 Å². The minimum absolute atomic E-state index is 0.419. The first-order chi connectivity index (χ1) is 10.1. The maximum Gasteiger partial charge on any atom is 0.406 e. The van der Waals surface area contributed by atoms with E-state index < -0.39 is 6.09 Å². The first-order valence-electron chi connectivity index (χ1n) is 6.65. The number of nitrogens with one attached hydrogen (secondary N) is 2. The molecule has 0 aliphatic heterocycles. The number of halogens is 2. The van der Waals surface area contributed by atoms with E-state index in [4.69, 9.17) is 4.74 Å². The van der Waals surface area contributed by atoms with Gasteiger partial charge in [-0.1, -0.05) is 0 Å². The number of rotatable bonds is 8. The first-order valence-corrected chi connectivity index (χ1v) is 8.24. The Morgan fingerprint density at radius 2 is 1.90 bits per heavy atom. The highest BCUT2D eigenvalue weighted by atomic mass is 79.9. The summed E-state index contributed by atoms with van der Waals surface area (Å²) < 4.78 is 12.1. The smallest absolute Gasteiger partial charge is 0.406 e. The minimum atomic E-state index is -0.419. The Hall–Kier alpha value is -0.790. The lowest BCUT2D eigenvalue weighted by atomic mass is 10.1. The van der Waals surface area contributed by atoms with Crippen molar-refractivity contribution in [3.8, 4) is 5.75 Å². The van der Waals surface area contributed by atoms with Gasteiger partial charge in [-0.25, -0.2) is 4.79 Å². The van der Waals surface area contributed by atoms with Gasteiger partial charge in [0.05, 0.1) is 22.7 Å². The van der Waals surface area contributed by atoms with E-state index in [0.717, 1.165) is 33.2 Å². The molecule has 0 spiro atoms. The van der Waals surface area contributed by atoms with Crippen molar-refractivity contribution in [1.82, 2.24) is 10.6 Å². The largest absolute Gasteiger partial charge is 0.491 e. The fraction of sp³-hybridized carbons (Fsp3) is 0.500. The van der Waals surface area contributed by atoms with Crippen molar-refractivity contribution in [3.63, 3.8) is 0 Å². The van der Waals surface area contributed by atoms with Gasteiger partial charge < -0.3 is 20.1 Å². The third kappa shape index (κ3) is 6.67. The molecule has 0 saturated carbocycles. The van der Waals surface area contributed by atoms with E-state index >= 15 is 0 Å². The standard InChI is InChI=1S/C14H20Br2N2O3/c1-17-5-3-7-21-13-11(15)8-10(9-12(13)16)4-6-18-14(19)20-2/h8-9,17H,3-7H2,1-2H3,(H,18,19). The van der Waals surface area contributed by atoms with Crippen molar-refractivity contribution >= 4 is 38.0 Å². The van der Waals surface area contributed by atoms with Gasteiger partial charge in [-0.3, -0.25) is 0 Å². The molecule has 1 amide bonds.